The maximum Gasteiger partial charge on any atom is 0.124 e. The van der Waals surface area contributed by atoms with Crippen LogP contribution in [0, 0.1) is 6.92 Å². The highest BCUT2D eigenvalue weighted by Gasteiger charge is 2.27. The molecule has 0 aliphatic heterocycles. The minimum absolute atomic E-state index is 0.618. The number of pyridine rings is 1. The molecule has 3 nitrogen and oxygen atoms in total. The van der Waals surface area contributed by atoms with Gasteiger partial charge in [-0.1, -0.05) is 24.3 Å². The van der Waals surface area contributed by atoms with Crippen LogP contribution in [0.1, 0.15) is 23.7 Å². The Bertz CT molecular complexity index is 532. The Morgan fingerprint density at radius 1 is 1.17 bits per heavy atom. The molecule has 1 unspecified atom stereocenters. The Morgan fingerprint density at radius 3 is 2.50 bits per heavy atom. The third-order valence-electron chi connectivity index (χ3n) is 3.18. The molecule has 0 spiro atoms. The number of aromatic nitrogens is 1. The molecule has 2 aromatic rings. The van der Waals surface area contributed by atoms with Crippen LogP contribution < -0.4 is 10.5 Å². The van der Waals surface area contributed by atoms with Gasteiger partial charge in [-0.05, 0) is 31.5 Å². The zero-order chi connectivity index (χ0) is 13.2. The van der Waals surface area contributed by atoms with Gasteiger partial charge in [0.1, 0.15) is 5.75 Å². The quantitative estimate of drug-likeness (QED) is 0.900. The number of ether oxygens (including phenoxy) is 1. The van der Waals surface area contributed by atoms with Crippen LogP contribution in [0.25, 0.3) is 0 Å². The standard InChI is InChI=1S/C15H18N2O/c1-11-8-9-12(10-17-11)15(2,16)13-6-4-5-7-14(13)18-3/h4-10H,16H2,1-3H3. The number of nitrogens with zero attached hydrogens (tertiary/aromatic N) is 1. The smallest absolute Gasteiger partial charge is 0.124 e. The van der Waals surface area contributed by atoms with Crippen molar-refractivity contribution in [1.29, 1.82) is 0 Å². The summed E-state index contributed by atoms with van der Waals surface area (Å²) in [6, 6.07) is 11.8. The van der Waals surface area contributed by atoms with Gasteiger partial charge in [0.05, 0.1) is 12.6 Å². The molecule has 0 fully saturated rings. The third-order valence-corrected chi connectivity index (χ3v) is 3.18. The molecule has 1 atom stereocenters. The number of hydrogen-bond donors (Lipinski definition) is 1. The molecule has 0 saturated carbocycles. The van der Waals surface area contributed by atoms with Gasteiger partial charge in [0, 0.05) is 17.5 Å². The summed E-state index contributed by atoms with van der Waals surface area (Å²) in [5.41, 5.74) is 8.76. The molecule has 0 saturated heterocycles. The summed E-state index contributed by atoms with van der Waals surface area (Å²) < 4.78 is 5.38. The van der Waals surface area contributed by atoms with Gasteiger partial charge in [-0.2, -0.15) is 0 Å². The van der Waals surface area contributed by atoms with Crippen LogP contribution in [0.4, 0.5) is 0 Å². The van der Waals surface area contributed by atoms with Crippen LogP contribution in [-0.2, 0) is 5.54 Å². The first-order chi connectivity index (χ1) is 8.55. The monoisotopic (exact) mass is 242 g/mol. The molecule has 2 rings (SSSR count). The van der Waals surface area contributed by atoms with Crippen molar-refractivity contribution in [2.75, 3.05) is 7.11 Å². The molecule has 1 aromatic heterocycles. The van der Waals surface area contributed by atoms with Gasteiger partial charge >= 0.3 is 0 Å². The lowest BCUT2D eigenvalue weighted by Crippen LogP contribution is -2.34. The predicted octanol–water partition coefficient (Wildman–Crippen LogP) is 2.62. The summed E-state index contributed by atoms with van der Waals surface area (Å²) >= 11 is 0. The molecule has 0 aliphatic carbocycles. The van der Waals surface area contributed by atoms with Crippen LogP contribution >= 0.6 is 0 Å². The van der Waals surface area contributed by atoms with Crippen molar-refractivity contribution in [3.8, 4) is 5.75 Å². The van der Waals surface area contributed by atoms with Gasteiger partial charge in [-0.3, -0.25) is 4.98 Å². The molecule has 0 radical (unpaired) electrons. The molecule has 0 amide bonds. The Morgan fingerprint density at radius 2 is 1.89 bits per heavy atom. The van der Waals surface area contributed by atoms with E-state index in [0.717, 1.165) is 22.6 Å². The van der Waals surface area contributed by atoms with Crippen molar-refractivity contribution in [3.05, 3.63) is 59.4 Å². The molecule has 1 heterocycles. The zero-order valence-corrected chi connectivity index (χ0v) is 11.0. The van der Waals surface area contributed by atoms with E-state index in [0.29, 0.717) is 0 Å². The lowest BCUT2D eigenvalue weighted by atomic mass is 9.86. The van der Waals surface area contributed by atoms with Crippen molar-refractivity contribution in [2.24, 2.45) is 5.73 Å². The largest absolute Gasteiger partial charge is 0.496 e. The normalized spacial score (nSPS) is 14.0. The van der Waals surface area contributed by atoms with Crippen molar-refractivity contribution < 1.29 is 4.74 Å². The fourth-order valence-electron chi connectivity index (χ4n) is 2.00. The number of rotatable bonds is 3. The summed E-state index contributed by atoms with van der Waals surface area (Å²) in [4.78, 5) is 4.31. The molecule has 1 aromatic carbocycles. The Labute approximate surface area is 108 Å². The second-order valence-corrected chi connectivity index (χ2v) is 4.59. The van der Waals surface area contributed by atoms with Gasteiger partial charge in [0.25, 0.3) is 0 Å². The summed E-state index contributed by atoms with van der Waals surface area (Å²) in [7, 11) is 1.66. The second-order valence-electron chi connectivity index (χ2n) is 4.59. The van der Waals surface area contributed by atoms with Crippen molar-refractivity contribution in [2.45, 2.75) is 19.4 Å². The lowest BCUT2D eigenvalue weighted by Gasteiger charge is -2.27. The average molecular weight is 242 g/mol. The third kappa shape index (κ3) is 2.22. The van der Waals surface area contributed by atoms with E-state index >= 15 is 0 Å². The number of nitrogens with two attached hydrogens (primary N) is 1. The summed E-state index contributed by atoms with van der Waals surface area (Å²) in [5, 5.41) is 0. The van der Waals surface area contributed by atoms with Crippen LogP contribution in [0.5, 0.6) is 5.75 Å². The maximum absolute atomic E-state index is 6.47. The highest BCUT2D eigenvalue weighted by molar-refractivity contribution is 5.44. The van der Waals surface area contributed by atoms with Crippen molar-refractivity contribution in [3.63, 3.8) is 0 Å². The van der Waals surface area contributed by atoms with Crippen LogP contribution in [0.2, 0.25) is 0 Å². The van der Waals surface area contributed by atoms with Gasteiger partial charge < -0.3 is 10.5 Å². The first kappa shape index (κ1) is 12.6. The average Bonchev–Trinajstić information content (AvgIpc) is 2.39. The number of benzene rings is 1. The van der Waals surface area contributed by atoms with E-state index in [-0.39, 0.29) is 0 Å². The number of methoxy groups -OCH3 is 1. The van der Waals surface area contributed by atoms with E-state index in [1.54, 1.807) is 7.11 Å². The van der Waals surface area contributed by atoms with E-state index in [9.17, 15) is 0 Å². The van der Waals surface area contributed by atoms with E-state index in [1.165, 1.54) is 0 Å². The van der Waals surface area contributed by atoms with E-state index < -0.39 is 5.54 Å². The van der Waals surface area contributed by atoms with Gasteiger partial charge in [0.2, 0.25) is 0 Å². The predicted molar refractivity (Wildman–Crippen MR) is 72.6 cm³/mol. The molecule has 94 valence electrons. The van der Waals surface area contributed by atoms with Gasteiger partial charge in [0.15, 0.2) is 0 Å². The summed E-state index contributed by atoms with van der Waals surface area (Å²) in [6.07, 6.45) is 1.82. The minimum Gasteiger partial charge on any atom is -0.496 e. The first-order valence-corrected chi connectivity index (χ1v) is 5.91. The molecular weight excluding hydrogens is 224 g/mol. The van der Waals surface area contributed by atoms with E-state index in [1.807, 2.05) is 56.4 Å². The van der Waals surface area contributed by atoms with E-state index in [2.05, 4.69) is 4.98 Å². The zero-order valence-electron chi connectivity index (χ0n) is 11.0. The van der Waals surface area contributed by atoms with Crippen molar-refractivity contribution in [1.82, 2.24) is 4.98 Å². The number of hydrogen-bond acceptors (Lipinski definition) is 3. The topological polar surface area (TPSA) is 48.1 Å². The number of para-hydroxylation sites is 1. The maximum atomic E-state index is 6.47. The summed E-state index contributed by atoms with van der Waals surface area (Å²) in [5.74, 6) is 0.795. The molecule has 18 heavy (non-hydrogen) atoms. The highest BCUT2D eigenvalue weighted by Crippen LogP contribution is 2.32. The first-order valence-electron chi connectivity index (χ1n) is 5.91. The van der Waals surface area contributed by atoms with Gasteiger partial charge in [-0.25, -0.2) is 0 Å². The fourth-order valence-corrected chi connectivity index (χ4v) is 2.00. The van der Waals surface area contributed by atoms with Gasteiger partial charge in [-0.15, -0.1) is 0 Å². The molecule has 3 heteroatoms. The fraction of sp³-hybridized carbons (Fsp3) is 0.267. The molecule has 0 aliphatic rings. The molecule has 0 bridgehead atoms. The Hall–Kier alpha value is -1.87. The number of aryl methyl sites for hydroxylation is 1. The minimum atomic E-state index is -0.618. The van der Waals surface area contributed by atoms with Crippen molar-refractivity contribution >= 4 is 0 Å². The Kier molecular flexibility index (Phi) is 3.34. The Balaban J connectivity index is 2.50. The summed E-state index contributed by atoms with van der Waals surface area (Å²) in [6.45, 7) is 3.93. The molecular formula is C15H18N2O. The highest BCUT2D eigenvalue weighted by atomic mass is 16.5. The molecule has 2 N–H and O–H groups in total. The van der Waals surface area contributed by atoms with Crippen LogP contribution in [0.3, 0.4) is 0 Å². The lowest BCUT2D eigenvalue weighted by molar-refractivity contribution is 0.398. The second kappa shape index (κ2) is 4.78. The SMILES string of the molecule is COc1ccccc1C(C)(N)c1ccc(C)nc1. The van der Waals surface area contributed by atoms with E-state index in [4.69, 9.17) is 10.5 Å². The van der Waals surface area contributed by atoms with Crippen LogP contribution in [-0.4, -0.2) is 12.1 Å². The van der Waals surface area contributed by atoms with Crippen LogP contribution in [0.15, 0.2) is 42.6 Å².